The van der Waals surface area contributed by atoms with E-state index in [2.05, 4.69) is 40.3 Å². The average molecular weight is 355 g/mol. The fraction of sp³-hybridized carbons (Fsp3) is 0.250. The Morgan fingerprint density at radius 2 is 2.05 bits per heavy atom. The highest BCUT2D eigenvalue weighted by Crippen LogP contribution is 2.26. The van der Waals surface area contributed by atoms with Gasteiger partial charge in [0.05, 0.1) is 11.6 Å². The van der Waals surface area contributed by atoms with Gasteiger partial charge in [-0.15, -0.1) is 0 Å². The Labute approximate surface area is 133 Å². The zero-order valence-corrected chi connectivity index (χ0v) is 13.7. The summed E-state index contributed by atoms with van der Waals surface area (Å²) in [5, 5.41) is 4.08. The topological polar surface area (TPSA) is 21.3 Å². The van der Waals surface area contributed by atoms with Crippen molar-refractivity contribution in [2.75, 3.05) is 11.9 Å². The predicted molar refractivity (Wildman–Crippen MR) is 88.7 cm³/mol. The van der Waals surface area contributed by atoms with Crippen LogP contribution in [0.3, 0.4) is 0 Å². The van der Waals surface area contributed by atoms with Gasteiger partial charge in [-0.2, -0.15) is 0 Å². The highest BCUT2D eigenvalue weighted by molar-refractivity contribution is 9.10. The molecule has 2 aromatic rings. The summed E-state index contributed by atoms with van der Waals surface area (Å²) >= 11 is 9.40. The SMILES string of the molecule is CCCOc1cccc(CNc2ccc(Cl)c(Br)c2)c1. The molecule has 0 saturated carbocycles. The Morgan fingerprint density at radius 3 is 2.80 bits per heavy atom. The van der Waals surface area contributed by atoms with Crippen LogP contribution in [0.15, 0.2) is 46.9 Å². The number of nitrogens with one attached hydrogen (secondary N) is 1. The predicted octanol–water partition coefficient (Wildman–Crippen LogP) is 5.50. The van der Waals surface area contributed by atoms with Crippen molar-refractivity contribution in [1.29, 1.82) is 0 Å². The molecule has 0 radical (unpaired) electrons. The van der Waals surface area contributed by atoms with Crippen LogP contribution in [0.5, 0.6) is 5.75 Å². The molecule has 0 bridgehead atoms. The first kappa shape index (κ1) is 15.2. The highest BCUT2D eigenvalue weighted by atomic mass is 79.9. The number of benzene rings is 2. The quantitative estimate of drug-likeness (QED) is 0.739. The van der Waals surface area contributed by atoms with Gasteiger partial charge in [0.25, 0.3) is 0 Å². The zero-order valence-electron chi connectivity index (χ0n) is 11.3. The van der Waals surface area contributed by atoms with Crippen molar-refractivity contribution >= 4 is 33.2 Å². The van der Waals surface area contributed by atoms with E-state index in [4.69, 9.17) is 16.3 Å². The zero-order chi connectivity index (χ0) is 14.4. The van der Waals surface area contributed by atoms with E-state index < -0.39 is 0 Å². The number of hydrogen-bond acceptors (Lipinski definition) is 2. The molecule has 106 valence electrons. The van der Waals surface area contributed by atoms with E-state index in [-0.39, 0.29) is 0 Å². The molecule has 0 aromatic heterocycles. The fourth-order valence-corrected chi connectivity index (χ4v) is 2.27. The van der Waals surface area contributed by atoms with E-state index in [1.807, 2.05) is 30.3 Å². The van der Waals surface area contributed by atoms with E-state index >= 15 is 0 Å². The first-order valence-corrected chi connectivity index (χ1v) is 7.77. The van der Waals surface area contributed by atoms with Crippen LogP contribution in [-0.4, -0.2) is 6.61 Å². The molecule has 1 N–H and O–H groups in total. The molecule has 20 heavy (non-hydrogen) atoms. The van der Waals surface area contributed by atoms with Crippen molar-refractivity contribution in [3.63, 3.8) is 0 Å². The van der Waals surface area contributed by atoms with Crippen molar-refractivity contribution in [2.24, 2.45) is 0 Å². The fourth-order valence-electron chi connectivity index (χ4n) is 1.78. The molecule has 0 atom stereocenters. The maximum Gasteiger partial charge on any atom is 0.119 e. The number of anilines is 1. The van der Waals surface area contributed by atoms with Crippen LogP contribution in [0, 0.1) is 0 Å². The molecule has 4 heteroatoms. The first-order chi connectivity index (χ1) is 9.69. The summed E-state index contributed by atoms with van der Waals surface area (Å²) in [6.07, 6.45) is 1.02. The third-order valence-corrected chi connectivity index (χ3v) is 4.00. The van der Waals surface area contributed by atoms with E-state index in [0.717, 1.165) is 35.5 Å². The molecule has 0 aliphatic carbocycles. The van der Waals surface area contributed by atoms with Crippen LogP contribution in [-0.2, 0) is 6.54 Å². The van der Waals surface area contributed by atoms with Crippen LogP contribution in [0.1, 0.15) is 18.9 Å². The summed E-state index contributed by atoms with van der Waals surface area (Å²) < 4.78 is 6.52. The molecular formula is C16H17BrClNO. The number of hydrogen-bond donors (Lipinski definition) is 1. The van der Waals surface area contributed by atoms with Gasteiger partial charge in [0.15, 0.2) is 0 Å². The van der Waals surface area contributed by atoms with Gasteiger partial charge < -0.3 is 10.1 Å². The normalized spacial score (nSPS) is 10.3. The minimum Gasteiger partial charge on any atom is -0.494 e. The van der Waals surface area contributed by atoms with E-state index in [1.54, 1.807) is 0 Å². The van der Waals surface area contributed by atoms with E-state index in [9.17, 15) is 0 Å². The Morgan fingerprint density at radius 1 is 1.20 bits per heavy atom. The summed E-state index contributed by atoms with van der Waals surface area (Å²) in [6.45, 7) is 3.60. The smallest absolute Gasteiger partial charge is 0.119 e. The Balaban J connectivity index is 1.97. The minimum absolute atomic E-state index is 0.713. The maximum absolute atomic E-state index is 5.98. The molecule has 0 amide bonds. The van der Waals surface area contributed by atoms with Crippen molar-refractivity contribution in [2.45, 2.75) is 19.9 Å². The van der Waals surface area contributed by atoms with Crippen LogP contribution in [0.4, 0.5) is 5.69 Å². The van der Waals surface area contributed by atoms with Gasteiger partial charge in [0.1, 0.15) is 5.75 Å². The summed E-state index contributed by atoms with van der Waals surface area (Å²) in [4.78, 5) is 0. The molecule has 0 spiro atoms. The van der Waals surface area contributed by atoms with Crippen LogP contribution < -0.4 is 10.1 Å². The van der Waals surface area contributed by atoms with Crippen molar-refractivity contribution in [3.8, 4) is 5.75 Å². The van der Waals surface area contributed by atoms with Gasteiger partial charge in [0, 0.05) is 16.7 Å². The number of rotatable bonds is 6. The molecule has 0 saturated heterocycles. The van der Waals surface area contributed by atoms with Crippen molar-refractivity contribution in [3.05, 3.63) is 57.5 Å². The summed E-state index contributed by atoms with van der Waals surface area (Å²) in [5.74, 6) is 0.920. The van der Waals surface area contributed by atoms with Gasteiger partial charge in [-0.25, -0.2) is 0 Å². The largest absolute Gasteiger partial charge is 0.494 e. The summed E-state index contributed by atoms with van der Waals surface area (Å²) in [7, 11) is 0. The van der Waals surface area contributed by atoms with E-state index in [0.29, 0.717) is 5.02 Å². The second kappa shape index (κ2) is 7.55. The third kappa shape index (κ3) is 4.43. The lowest BCUT2D eigenvalue weighted by Gasteiger charge is -2.10. The Kier molecular flexibility index (Phi) is 5.74. The minimum atomic E-state index is 0.713. The lowest BCUT2D eigenvalue weighted by atomic mass is 10.2. The van der Waals surface area contributed by atoms with Crippen LogP contribution in [0.25, 0.3) is 0 Å². The van der Waals surface area contributed by atoms with Crippen LogP contribution >= 0.6 is 27.5 Å². The number of halogens is 2. The second-order valence-electron chi connectivity index (χ2n) is 4.48. The molecular weight excluding hydrogens is 338 g/mol. The molecule has 2 aromatic carbocycles. The van der Waals surface area contributed by atoms with Crippen LogP contribution in [0.2, 0.25) is 5.02 Å². The van der Waals surface area contributed by atoms with Gasteiger partial charge in [-0.3, -0.25) is 0 Å². The van der Waals surface area contributed by atoms with Gasteiger partial charge in [-0.05, 0) is 58.2 Å². The maximum atomic E-state index is 5.98. The average Bonchev–Trinajstić information content (AvgIpc) is 2.47. The highest BCUT2D eigenvalue weighted by Gasteiger charge is 2.00. The molecule has 0 aliphatic heterocycles. The van der Waals surface area contributed by atoms with E-state index in [1.165, 1.54) is 5.56 Å². The van der Waals surface area contributed by atoms with Gasteiger partial charge in [0.2, 0.25) is 0 Å². The van der Waals surface area contributed by atoms with Crippen molar-refractivity contribution in [1.82, 2.24) is 0 Å². The number of ether oxygens (including phenoxy) is 1. The summed E-state index contributed by atoms with van der Waals surface area (Å²) in [6, 6.07) is 13.9. The Bertz CT molecular complexity index is 574. The van der Waals surface area contributed by atoms with Gasteiger partial charge >= 0.3 is 0 Å². The van der Waals surface area contributed by atoms with Crippen molar-refractivity contribution < 1.29 is 4.74 Å². The molecule has 0 fully saturated rings. The molecule has 2 rings (SSSR count). The lowest BCUT2D eigenvalue weighted by Crippen LogP contribution is -2.00. The Hall–Kier alpha value is -1.19. The second-order valence-corrected chi connectivity index (χ2v) is 5.74. The molecule has 0 heterocycles. The molecule has 2 nitrogen and oxygen atoms in total. The molecule has 0 aliphatic rings. The summed E-state index contributed by atoms with van der Waals surface area (Å²) in [5.41, 5.74) is 2.21. The lowest BCUT2D eigenvalue weighted by molar-refractivity contribution is 0.317. The standard InChI is InChI=1S/C16H17BrClNO/c1-2-8-20-14-5-3-4-12(9-14)11-19-13-6-7-16(18)15(17)10-13/h3-7,9-10,19H,2,8,11H2,1H3. The third-order valence-electron chi connectivity index (χ3n) is 2.79. The van der Waals surface area contributed by atoms with Gasteiger partial charge in [-0.1, -0.05) is 30.7 Å². The molecule has 0 unspecified atom stereocenters. The monoisotopic (exact) mass is 353 g/mol. The first-order valence-electron chi connectivity index (χ1n) is 6.59.